The van der Waals surface area contributed by atoms with Crippen molar-refractivity contribution in [3.63, 3.8) is 0 Å². The van der Waals surface area contributed by atoms with Crippen molar-refractivity contribution >= 4 is 21.9 Å². The first kappa shape index (κ1) is 12.3. The Hall–Kier alpha value is -0.770. The van der Waals surface area contributed by atoms with Gasteiger partial charge in [0.15, 0.2) is 0 Å². The summed E-state index contributed by atoms with van der Waals surface area (Å²) in [5.74, 6) is 0.586. The molecule has 0 N–H and O–H groups in total. The minimum Gasteiger partial charge on any atom is -0.467 e. The smallest absolute Gasteiger partial charge is 0.342 e. The standard InChI is InChI=1S/C11H15BrO3/c1-4-14-11(13)10-8(7(2)3)6-15-9(10)5-12/h6-7H,4-5H2,1-3H3. The lowest BCUT2D eigenvalue weighted by molar-refractivity contribution is 0.0523. The molecular formula is C11H15BrO3. The SMILES string of the molecule is CCOC(=O)c1c(C(C)C)coc1CBr. The number of rotatable bonds is 4. The lowest BCUT2D eigenvalue weighted by Gasteiger charge is -2.06. The molecule has 15 heavy (non-hydrogen) atoms. The zero-order valence-corrected chi connectivity index (χ0v) is 10.8. The van der Waals surface area contributed by atoms with Crippen molar-refractivity contribution in [3.05, 3.63) is 23.2 Å². The van der Waals surface area contributed by atoms with E-state index in [1.54, 1.807) is 13.2 Å². The van der Waals surface area contributed by atoms with Gasteiger partial charge >= 0.3 is 5.97 Å². The van der Waals surface area contributed by atoms with E-state index in [1.807, 2.05) is 13.8 Å². The Morgan fingerprint density at radius 3 is 2.73 bits per heavy atom. The van der Waals surface area contributed by atoms with Crippen LogP contribution in [0.5, 0.6) is 0 Å². The molecule has 0 aliphatic heterocycles. The summed E-state index contributed by atoms with van der Waals surface area (Å²) in [6.45, 7) is 6.21. The second kappa shape index (κ2) is 5.35. The summed E-state index contributed by atoms with van der Waals surface area (Å²) < 4.78 is 10.3. The molecule has 0 aliphatic carbocycles. The van der Waals surface area contributed by atoms with Gasteiger partial charge in [-0.25, -0.2) is 4.79 Å². The third-order valence-corrected chi connectivity index (χ3v) is 2.63. The molecule has 0 amide bonds. The third kappa shape index (κ3) is 2.62. The third-order valence-electron chi connectivity index (χ3n) is 2.12. The summed E-state index contributed by atoms with van der Waals surface area (Å²) in [5.41, 5.74) is 1.48. The van der Waals surface area contributed by atoms with Gasteiger partial charge in [0.1, 0.15) is 11.3 Å². The van der Waals surface area contributed by atoms with E-state index in [0.717, 1.165) is 5.56 Å². The van der Waals surface area contributed by atoms with Crippen LogP contribution in [0, 0.1) is 0 Å². The van der Waals surface area contributed by atoms with Gasteiger partial charge in [-0.15, -0.1) is 0 Å². The Bertz CT molecular complexity index is 342. The van der Waals surface area contributed by atoms with Crippen molar-refractivity contribution in [1.29, 1.82) is 0 Å². The van der Waals surface area contributed by atoms with Crippen molar-refractivity contribution in [2.45, 2.75) is 32.0 Å². The van der Waals surface area contributed by atoms with Gasteiger partial charge in [-0.05, 0) is 12.8 Å². The van der Waals surface area contributed by atoms with E-state index >= 15 is 0 Å². The van der Waals surface area contributed by atoms with E-state index in [9.17, 15) is 4.79 Å². The molecule has 1 rings (SSSR count). The number of hydrogen-bond donors (Lipinski definition) is 0. The van der Waals surface area contributed by atoms with Crippen LogP contribution in [0.1, 0.15) is 48.4 Å². The van der Waals surface area contributed by atoms with E-state index in [4.69, 9.17) is 9.15 Å². The van der Waals surface area contributed by atoms with Gasteiger partial charge in [-0.2, -0.15) is 0 Å². The number of alkyl halides is 1. The summed E-state index contributed by atoms with van der Waals surface area (Å²) >= 11 is 3.29. The molecule has 0 aromatic carbocycles. The molecule has 0 saturated heterocycles. The van der Waals surface area contributed by atoms with E-state index in [0.29, 0.717) is 23.3 Å². The molecule has 1 aromatic heterocycles. The molecule has 0 unspecified atom stereocenters. The lowest BCUT2D eigenvalue weighted by Crippen LogP contribution is -2.09. The Morgan fingerprint density at radius 1 is 1.60 bits per heavy atom. The highest BCUT2D eigenvalue weighted by atomic mass is 79.9. The summed E-state index contributed by atoms with van der Waals surface area (Å²) in [4.78, 5) is 11.7. The molecule has 0 atom stereocenters. The molecule has 0 aliphatic rings. The number of carbonyl (C=O) groups is 1. The van der Waals surface area contributed by atoms with Crippen LogP contribution in [-0.2, 0) is 10.1 Å². The number of ether oxygens (including phenoxy) is 1. The second-order valence-corrected chi connectivity index (χ2v) is 4.06. The van der Waals surface area contributed by atoms with Crippen LogP contribution in [0.3, 0.4) is 0 Å². The number of furan rings is 1. The molecule has 4 heteroatoms. The predicted molar refractivity (Wildman–Crippen MR) is 61.4 cm³/mol. The largest absolute Gasteiger partial charge is 0.467 e. The highest BCUT2D eigenvalue weighted by molar-refractivity contribution is 9.08. The molecular weight excluding hydrogens is 260 g/mol. The van der Waals surface area contributed by atoms with Crippen LogP contribution in [-0.4, -0.2) is 12.6 Å². The number of esters is 1. The summed E-state index contributed by atoms with van der Waals surface area (Å²) in [6.07, 6.45) is 1.63. The minimum atomic E-state index is -0.301. The van der Waals surface area contributed by atoms with Crippen LogP contribution < -0.4 is 0 Å². The first-order valence-corrected chi connectivity index (χ1v) is 6.07. The number of hydrogen-bond acceptors (Lipinski definition) is 3. The monoisotopic (exact) mass is 274 g/mol. The van der Waals surface area contributed by atoms with Crippen LogP contribution in [0.4, 0.5) is 0 Å². The van der Waals surface area contributed by atoms with Crippen molar-refractivity contribution in [3.8, 4) is 0 Å². The van der Waals surface area contributed by atoms with Gasteiger partial charge in [-0.3, -0.25) is 0 Å². The lowest BCUT2D eigenvalue weighted by atomic mass is 10.0. The Balaban J connectivity index is 3.10. The van der Waals surface area contributed by atoms with Gasteiger partial charge < -0.3 is 9.15 Å². The summed E-state index contributed by atoms with van der Waals surface area (Å²) in [7, 11) is 0. The van der Waals surface area contributed by atoms with E-state index < -0.39 is 0 Å². The fourth-order valence-electron chi connectivity index (χ4n) is 1.37. The maximum Gasteiger partial charge on any atom is 0.342 e. The van der Waals surface area contributed by atoms with Gasteiger partial charge in [0.2, 0.25) is 0 Å². The average Bonchev–Trinajstić information content (AvgIpc) is 2.61. The predicted octanol–water partition coefficient (Wildman–Crippen LogP) is 3.47. The van der Waals surface area contributed by atoms with Gasteiger partial charge in [0.25, 0.3) is 0 Å². The highest BCUT2D eigenvalue weighted by Gasteiger charge is 2.22. The molecule has 0 saturated carbocycles. The Morgan fingerprint density at radius 2 is 2.27 bits per heavy atom. The van der Waals surface area contributed by atoms with Crippen molar-refractivity contribution in [2.75, 3.05) is 6.61 Å². The maximum absolute atomic E-state index is 11.7. The quantitative estimate of drug-likeness (QED) is 0.624. The van der Waals surface area contributed by atoms with Gasteiger partial charge in [-0.1, -0.05) is 29.8 Å². The van der Waals surface area contributed by atoms with E-state index in [2.05, 4.69) is 15.9 Å². The van der Waals surface area contributed by atoms with Crippen molar-refractivity contribution in [1.82, 2.24) is 0 Å². The maximum atomic E-state index is 11.7. The minimum absolute atomic E-state index is 0.251. The first-order chi connectivity index (χ1) is 7.11. The van der Waals surface area contributed by atoms with Crippen molar-refractivity contribution < 1.29 is 13.9 Å². The molecule has 84 valence electrons. The Kier molecular flexibility index (Phi) is 4.39. The van der Waals surface area contributed by atoms with E-state index in [-0.39, 0.29) is 11.9 Å². The molecule has 0 spiro atoms. The van der Waals surface area contributed by atoms with Crippen molar-refractivity contribution in [2.24, 2.45) is 0 Å². The molecule has 1 heterocycles. The van der Waals surface area contributed by atoms with Crippen LogP contribution in [0.15, 0.2) is 10.7 Å². The zero-order chi connectivity index (χ0) is 11.4. The molecule has 0 bridgehead atoms. The molecule has 3 nitrogen and oxygen atoms in total. The normalized spacial score (nSPS) is 10.7. The Labute approximate surface area is 97.9 Å². The van der Waals surface area contributed by atoms with Gasteiger partial charge in [0, 0.05) is 5.56 Å². The van der Waals surface area contributed by atoms with Crippen LogP contribution >= 0.6 is 15.9 Å². The first-order valence-electron chi connectivity index (χ1n) is 4.95. The average molecular weight is 275 g/mol. The zero-order valence-electron chi connectivity index (χ0n) is 9.17. The van der Waals surface area contributed by atoms with Crippen LogP contribution in [0.2, 0.25) is 0 Å². The number of carbonyl (C=O) groups excluding carboxylic acids is 1. The summed E-state index contributed by atoms with van der Waals surface area (Å²) in [5, 5.41) is 0.522. The summed E-state index contributed by atoms with van der Waals surface area (Å²) in [6, 6.07) is 0. The second-order valence-electron chi connectivity index (χ2n) is 3.50. The highest BCUT2D eigenvalue weighted by Crippen LogP contribution is 2.27. The number of halogens is 1. The molecule has 1 aromatic rings. The molecule has 0 fully saturated rings. The van der Waals surface area contributed by atoms with Crippen LogP contribution in [0.25, 0.3) is 0 Å². The fourth-order valence-corrected chi connectivity index (χ4v) is 1.78. The van der Waals surface area contributed by atoms with E-state index in [1.165, 1.54) is 0 Å². The fraction of sp³-hybridized carbons (Fsp3) is 0.545. The topological polar surface area (TPSA) is 39.4 Å². The van der Waals surface area contributed by atoms with Gasteiger partial charge in [0.05, 0.1) is 18.2 Å². The molecule has 0 radical (unpaired) electrons.